The molecule has 0 amide bonds. The van der Waals surface area contributed by atoms with Crippen molar-refractivity contribution in [1.82, 2.24) is 0 Å². The zero-order valence-corrected chi connectivity index (χ0v) is 61.2. The SMILES string of the molecule is CCCCCCCCc1cc2cc(-c3cc4cc(CCCCCCCC)c5cc(-c6cc7cc(CCCCCCCC)c8cccc9cc(CCCCCCCC)c(c6)c7c98)cc6cc(CCCCCCCC)c(c3)c4c65)cc3c(CCCCCCCC)cc4cccc1c4c23. The van der Waals surface area contributed by atoms with Gasteiger partial charge in [0.1, 0.15) is 0 Å². The minimum Gasteiger partial charge on any atom is -0.0654 e. The lowest BCUT2D eigenvalue weighted by Crippen LogP contribution is -1.98. The summed E-state index contributed by atoms with van der Waals surface area (Å²) in [5.41, 5.74) is 14.9. The highest BCUT2D eigenvalue weighted by molar-refractivity contribution is 6.29. The molecule has 0 heteroatoms. The van der Waals surface area contributed by atoms with Crippen molar-refractivity contribution in [2.24, 2.45) is 0 Å². The molecule has 0 fully saturated rings. The van der Waals surface area contributed by atoms with Crippen molar-refractivity contribution in [3.05, 3.63) is 155 Å². The van der Waals surface area contributed by atoms with Gasteiger partial charge in [-0.15, -0.1) is 0 Å². The van der Waals surface area contributed by atoms with Crippen LogP contribution in [0, 0.1) is 0 Å². The van der Waals surface area contributed by atoms with E-state index in [0.717, 1.165) is 38.5 Å². The molecule has 12 aromatic carbocycles. The first kappa shape index (κ1) is 69.7. The molecule has 12 aromatic rings. The first-order valence-electron chi connectivity index (χ1n) is 40.7. The van der Waals surface area contributed by atoms with Gasteiger partial charge >= 0.3 is 0 Å². The zero-order valence-electron chi connectivity index (χ0n) is 61.2. The van der Waals surface area contributed by atoms with E-state index < -0.39 is 0 Å². The minimum absolute atomic E-state index is 1.11. The summed E-state index contributed by atoms with van der Waals surface area (Å²) in [5.74, 6) is 0. The molecule has 0 aliphatic carbocycles. The first-order valence-corrected chi connectivity index (χ1v) is 40.7. The highest BCUT2D eigenvalue weighted by atomic mass is 14.3. The fraction of sp³-hybridized carbons (Fsp3) is 0.500. The molecule has 0 N–H and O–H groups in total. The predicted octanol–water partition coefficient (Wildman–Crippen LogP) is 31.1. The van der Waals surface area contributed by atoms with Gasteiger partial charge in [0.2, 0.25) is 0 Å². The van der Waals surface area contributed by atoms with Crippen LogP contribution in [0.1, 0.15) is 306 Å². The van der Waals surface area contributed by atoms with Crippen molar-refractivity contribution >= 4 is 97.0 Å². The molecule has 96 heavy (non-hydrogen) atoms. The Labute approximate surface area is 581 Å². The third-order valence-electron chi connectivity index (χ3n) is 23.1. The molecule has 0 radical (unpaired) electrons. The Morgan fingerprint density at radius 3 is 0.583 bits per heavy atom. The van der Waals surface area contributed by atoms with Gasteiger partial charge in [-0.1, -0.05) is 307 Å². The van der Waals surface area contributed by atoms with Crippen LogP contribution in [-0.2, 0) is 38.5 Å². The quantitative estimate of drug-likeness (QED) is 0.0264. The smallest absolute Gasteiger partial charge is 0.00234 e. The maximum absolute atomic E-state index is 2.72. The van der Waals surface area contributed by atoms with Gasteiger partial charge in [0.05, 0.1) is 0 Å². The van der Waals surface area contributed by atoms with Crippen molar-refractivity contribution in [2.75, 3.05) is 0 Å². The molecule has 0 aromatic heterocycles. The topological polar surface area (TPSA) is 0 Å². The Hall–Kier alpha value is -6.24. The van der Waals surface area contributed by atoms with Crippen molar-refractivity contribution in [3.63, 3.8) is 0 Å². The van der Waals surface area contributed by atoms with E-state index in [4.69, 9.17) is 0 Å². The Bertz CT molecular complexity index is 4110. The van der Waals surface area contributed by atoms with E-state index in [2.05, 4.69) is 163 Å². The largest absolute Gasteiger partial charge is 0.0654 e. The molecule has 0 unspecified atom stereocenters. The van der Waals surface area contributed by atoms with Crippen LogP contribution >= 0.6 is 0 Å². The van der Waals surface area contributed by atoms with Gasteiger partial charge in [-0.3, -0.25) is 0 Å². The van der Waals surface area contributed by atoms with E-state index in [0.29, 0.717) is 0 Å². The van der Waals surface area contributed by atoms with E-state index in [-0.39, 0.29) is 0 Å². The molecule has 0 heterocycles. The summed E-state index contributed by atoms with van der Waals surface area (Å²) in [6.07, 6.45) is 54.3. The van der Waals surface area contributed by atoms with Gasteiger partial charge in [0.25, 0.3) is 0 Å². The van der Waals surface area contributed by atoms with E-state index in [9.17, 15) is 0 Å². The standard InChI is InChI=1S/C96H122/c1-7-13-19-25-31-37-45-69-57-81-61-77(65-87-71(47-39-33-27-21-15-9-3)55-75-51-43-53-85(69)91(75)93(81)87)79-63-83-59-74(50-42-36-30-24-18-12-6)90-68-80(64-84-60-73(49-41-35-29-23-17-11-5)89(67-79)95(83)96(84)90)78-62-82-58-70(46-38-32-26-20-14-8-2)86-54-44-52-76-56-72(48-40-34-28-22-16-10-4)88(66-78)94(82)92(76)86/h43-44,51-68H,7-42,45-50H2,1-6H3. The molecule has 0 atom stereocenters. The van der Waals surface area contributed by atoms with E-state index >= 15 is 0 Å². The average molecular weight is 1280 g/mol. The molecule has 0 bridgehead atoms. The Morgan fingerprint density at radius 2 is 0.354 bits per heavy atom. The summed E-state index contributed by atoms with van der Waals surface area (Å²) in [4.78, 5) is 0. The number of hydrogen-bond donors (Lipinski definition) is 0. The van der Waals surface area contributed by atoms with Crippen LogP contribution in [0.15, 0.2) is 121 Å². The van der Waals surface area contributed by atoms with Crippen molar-refractivity contribution in [1.29, 1.82) is 0 Å². The van der Waals surface area contributed by atoms with Crippen LogP contribution in [0.2, 0.25) is 0 Å². The van der Waals surface area contributed by atoms with Crippen LogP contribution in [0.5, 0.6) is 0 Å². The van der Waals surface area contributed by atoms with Crippen molar-refractivity contribution in [2.45, 2.75) is 311 Å². The van der Waals surface area contributed by atoms with Gasteiger partial charge in [-0.05, 0) is 278 Å². The second-order valence-corrected chi connectivity index (χ2v) is 30.6. The second kappa shape index (κ2) is 35.0. The van der Waals surface area contributed by atoms with Gasteiger partial charge in [-0.25, -0.2) is 0 Å². The molecule has 0 saturated heterocycles. The van der Waals surface area contributed by atoms with Gasteiger partial charge in [0.15, 0.2) is 0 Å². The number of hydrogen-bond acceptors (Lipinski definition) is 0. The maximum Gasteiger partial charge on any atom is -0.00234 e. The van der Waals surface area contributed by atoms with Gasteiger partial charge < -0.3 is 0 Å². The molecular weight excluding hydrogens is 1150 g/mol. The number of unbranched alkanes of at least 4 members (excludes halogenated alkanes) is 30. The molecule has 506 valence electrons. The van der Waals surface area contributed by atoms with E-state index in [1.807, 2.05) is 0 Å². The fourth-order valence-electron chi connectivity index (χ4n) is 17.8. The first-order chi connectivity index (χ1) is 47.4. The zero-order chi connectivity index (χ0) is 66.0. The summed E-state index contributed by atoms with van der Waals surface area (Å²) < 4.78 is 0. The summed E-state index contributed by atoms with van der Waals surface area (Å²) in [6.45, 7) is 14.1. The fourth-order valence-corrected chi connectivity index (χ4v) is 17.8. The third-order valence-corrected chi connectivity index (χ3v) is 23.1. The highest BCUT2D eigenvalue weighted by Gasteiger charge is 2.23. The van der Waals surface area contributed by atoms with E-state index in [1.165, 1.54) is 350 Å². The lowest BCUT2D eigenvalue weighted by atomic mass is 9.82. The molecule has 0 spiro atoms. The summed E-state index contributed by atoms with van der Waals surface area (Å²) >= 11 is 0. The monoisotopic (exact) mass is 1270 g/mol. The predicted molar refractivity (Wildman–Crippen MR) is 431 cm³/mol. The number of rotatable bonds is 44. The highest BCUT2D eigenvalue weighted by Crippen LogP contribution is 2.48. The van der Waals surface area contributed by atoms with Crippen LogP contribution in [0.3, 0.4) is 0 Å². The van der Waals surface area contributed by atoms with Crippen LogP contribution in [0.25, 0.3) is 119 Å². The molecule has 0 aliphatic rings. The summed E-state index contributed by atoms with van der Waals surface area (Å²) in [7, 11) is 0. The third kappa shape index (κ3) is 16.2. The Balaban J connectivity index is 1.03. The number of aryl methyl sites for hydroxylation is 6. The Morgan fingerprint density at radius 1 is 0.167 bits per heavy atom. The Kier molecular flexibility index (Phi) is 25.4. The summed E-state index contributed by atoms with van der Waals surface area (Å²) in [5, 5.41) is 26.6. The van der Waals surface area contributed by atoms with Crippen LogP contribution in [0.4, 0.5) is 0 Å². The number of benzene rings is 12. The second-order valence-electron chi connectivity index (χ2n) is 30.6. The maximum atomic E-state index is 2.72. The molecule has 0 saturated carbocycles. The average Bonchev–Trinajstić information content (AvgIpc) is 0.724. The van der Waals surface area contributed by atoms with Crippen LogP contribution in [-0.4, -0.2) is 0 Å². The van der Waals surface area contributed by atoms with Gasteiger partial charge in [-0.2, -0.15) is 0 Å². The van der Waals surface area contributed by atoms with Crippen molar-refractivity contribution < 1.29 is 0 Å². The molecule has 12 rings (SSSR count). The van der Waals surface area contributed by atoms with Gasteiger partial charge in [0, 0.05) is 0 Å². The normalized spacial score (nSPS) is 12.4. The van der Waals surface area contributed by atoms with E-state index in [1.54, 1.807) is 33.4 Å². The molecule has 0 aliphatic heterocycles. The molecule has 0 nitrogen and oxygen atoms in total. The lowest BCUT2D eigenvalue weighted by molar-refractivity contribution is 0.608. The van der Waals surface area contributed by atoms with Crippen LogP contribution < -0.4 is 0 Å². The van der Waals surface area contributed by atoms with Crippen molar-refractivity contribution in [3.8, 4) is 22.3 Å². The lowest BCUT2D eigenvalue weighted by Gasteiger charge is -2.22. The summed E-state index contributed by atoms with van der Waals surface area (Å²) in [6, 6.07) is 51.8. The molecular formula is C96H122. The minimum atomic E-state index is 1.11.